The van der Waals surface area contributed by atoms with Crippen LogP contribution in [0.25, 0.3) is 0 Å². The molecule has 2 atom stereocenters. The number of hydrogen-bond donors (Lipinski definition) is 2. The molecule has 0 unspecified atom stereocenters. The van der Waals surface area contributed by atoms with Crippen molar-refractivity contribution in [2.75, 3.05) is 20.2 Å². The molecule has 0 radical (unpaired) electrons. The number of carbonyl (C=O) groups is 2. The van der Waals surface area contributed by atoms with Crippen LogP contribution in [0.3, 0.4) is 0 Å². The molecule has 6 heteroatoms. The van der Waals surface area contributed by atoms with E-state index < -0.39 is 5.41 Å². The lowest BCUT2D eigenvalue weighted by atomic mass is 9.92. The molecule has 0 saturated heterocycles. The number of amides is 1. The highest BCUT2D eigenvalue weighted by Crippen LogP contribution is 2.31. The van der Waals surface area contributed by atoms with E-state index in [9.17, 15) is 9.59 Å². The summed E-state index contributed by atoms with van der Waals surface area (Å²) in [7, 11) is 1.35. The summed E-state index contributed by atoms with van der Waals surface area (Å²) >= 11 is 0. The van der Waals surface area contributed by atoms with Crippen LogP contribution in [0.2, 0.25) is 0 Å². The van der Waals surface area contributed by atoms with Crippen LogP contribution < -0.4 is 11.1 Å². The fraction of sp³-hybridized carbons (Fsp3) is 0.846. The van der Waals surface area contributed by atoms with Crippen molar-refractivity contribution in [3.05, 3.63) is 0 Å². The van der Waals surface area contributed by atoms with Crippen molar-refractivity contribution in [2.45, 2.75) is 33.1 Å². The second kappa shape index (κ2) is 7.70. The third-order valence-corrected chi connectivity index (χ3v) is 3.74. The zero-order valence-corrected chi connectivity index (χ0v) is 12.7. The average Bonchev–Trinajstić information content (AvgIpc) is 2.83. The molecule has 19 heavy (non-hydrogen) atoms. The molecule has 0 aromatic heterocycles. The number of halogens is 1. The predicted molar refractivity (Wildman–Crippen MR) is 75.9 cm³/mol. The van der Waals surface area contributed by atoms with E-state index in [-0.39, 0.29) is 36.1 Å². The fourth-order valence-electron chi connectivity index (χ4n) is 2.45. The van der Waals surface area contributed by atoms with Gasteiger partial charge in [0.05, 0.1) is 12.5 Å². The summed E-state index contributed by atoms with van der Waals surface area (Å²) < 4.78 is 4.70. The first-order valence-corrected chi connectivity index (χ1v) is 6.48. The van der Waals surface area contributed by atoms with Crippen LogP contribution >= 0.6 is 12.4 Å². The molecular formula is C13H25ClN2O3. The Morgan fingerprint density at radius 3 is 2.53 bits per heavy atom. The van der Waals surface area contributed by atoms with Crippen molar-refractivity contribution < 1.29 is 14.3 Å². The number of methoxy groups -OCH3 is 1. The standard InChI is InChI=1S/C13H24N2O3.ClH/c1-13(2,12(17)18-3)8-15-11(16)10-6-4-5-9(10)7-14;/h9-10H,4-8,14H2,1-3H3,(H,15,16);1H/t9-,10-;/m1./s1. The highest BCUT2D eigenvalue weighted by molar-refractivity contribution is 5.85. The van der Waals surface area contributed by atoms with Crippen molar-refractivity contribution in [1.29, 1.82) is 0 Å². The molecule has 0 spiro atoms. The summed E-state index contributed by atoms with van der Waals surface area (Å²) in [5.41, 5.74) is 4.97. The molecular weight excluding hydrogens is 268 g/mol. The molecule has 3 N–H and O–H groups in total. The first-order valence-electron chi connectivity index (χ1n) is 6.48. The third kappa shape index (κ3) is 4.66. The number of rotatable bonds is 5. The second-order valence-electron chi connectivity index (χ2n) is 5.63. The Morgan fingerprint density at radius 1 is 1.37 bits per heavy atom. The number of nitrogens with two attached hydrogens (primary N) is 1. The molecule has 0 bridgehead atoms. The van der Waals surface area contributed by atoms with Crippen LogP contribution in [0.15, 0.2) is 0 Å². The molecule has 1 fully saturated rings. The minimum atomic E-state index is -0.693. The minimum absolute atomic E-state index is 0. The van der Waals surface area contributed by atoms with Crippen molar-refractivity contribution in [2.24, 2.45) is 23.0 Å². The van der Waals surface area contributed by atoms with Crippen LogP contribution in [0.1, 0.15) is 33.1 Å². The molecule has 1 amide bonds. The molecule has 0 aromatic rings. The molecule has 1 rings (SSSR count). The van der Waals surface area contributed by atoms with Crippen LogP contribution in [-0.4, -0.2) is 32.1 Å². The number of hydrogen-bond acceptors (Lipinski definition) is 4. The number of nitrogens with one attached hydrogen (secondary N) is 1. The second-order valence-corrected chi connectivity index (χ2v) is 5.63. The zero-order valence-electron chi connectivity index (χ0n) is 11.9. The number of ether oxygens (including phenoxy) is 1. The Balaban J connectivity index is 0.00000324. The largest absolute Gasteiger partial charge is 0.469 e. The maximum absolute atomic E-state index is 12.1. The van der Waals surface area contributed by atoms with Gasteiger partial charge in [-0.15, -0.1) is 12.4 Å². The van der Waals surface area contributed by atoms with E-state index >= 15 is 0 Å². The van der Waals surface area contributed by atoms with Crippen molar-refractivity contribution >= 4 is 24.3 Å². The summed E-state index contributed by atoms with van der Waals surface area (Å²) in [6.45, 7) is 4.37. The lowest BCUT2D eigenvalue weighted by Crippen LogP contribution is -2.43. The Hall–Kier alpha value is -0.810. The van der Waals surface area contributed by atoms with E-state index in [1.54, 1.807) is 13.8 Å². The van der Waals surface area contributed by atoms with Crippen molar-refractivity contribution in [3.8, 4) is 0 Å². The lowest BCUT2D eigenvalue weighted by molar-refractivity contribution is -0.150. The summed E-state index contributed by atoms with van der Waals surface area (Å²) in [6, 6.07) is 0. The van der Waals surface area contributed by atoms with E-state index in [2.05, 4.69) is 5.32 Å². The van der Waals surface area contributed by atoms with Gasteiger partial charge in [0, 0.05) is 12.5 Å². The van der Waals surface area contributed by atoms with Crippen LogP contribution in [0.5, 0.6) is 0 Å². The average molecular weight is 293 g/mol. The molecule has 1 aliphatic carbocycles. The van der Waals surface area contributed by atoms with Crippen LogP contribution in [-0.2, 0) is 14.3 Å². The molecule has 0 aliphatic heterocycles. The molecule has 0 aromatic carbocycles. The van der Waals surface area contributed by atoms with Gasteiger partial charge in [0.15, 0.2) is 0 Å². The Labute approximate surface area is 121 Å². The Morgan fingerprint density at radius 2 is 2.00 bits per heavy atom. The van der Waals surface area contributed by atoms with Gasteiger partial charge in [-0.3, -0.25) is 9.59 Å². The van der Waals surface area contributed by atoms with E-state index in [0.717, 1.165) is 19.3 Å². The first-order chi connectivity index (χ1) is 8.42. The van der Waals surface area contributed by atoms with Gasteiger partial charge in [-0.05, 0) is 39.2 Å². The predicted octanol–water partition coefficient (Wildman–Crippen LogP) is 1.10. The van der Waals surface area contributed by atoms with Crippen LogP contribution in [0, 0.1) is 17.3 Å². The van der Waals surface area contributed by atoms with Gasteiger partial charge in [0.1, 0.15) is 0 Å². The lowest BCUT2D eigenvalue weighted by Gasteiger charge is -2.24. The summed E-state index contributed by atoms with van der Waals surface area (Å²) in [5.74, 6) is -0.0146. The third-order valence-electron chi connectivity index (χ3n) is 3.74. The molecule has 1 saturated carbocycles. The van der Waals surface area contributed by atoms with E-state index in [1.807, 2.05) is 0 Å². The Kier molecular flexibility index (Phi) is 7.37. The van der Waals surface area contributed by atoms with E-state index in [4.69, 9.17) is 10.5 Å². The molecule has 1 aliphatic rings. The Bertz CT molecular complexity index is 321. The van der Waals surface area contributed by atoms with Gasteiger partial charge in [-0.25, -0.2) is 0 Å². The maximum atomic E-state index is 12.1. The van der Waals surface area contributed by atoms with E-state index in [0.29, 0.717) is 13.1 Å². The van der Waals surface area contributed by atoms with Gasteiger partial charge in [0.2, 0.25) is 5.91 Å². The summed E-state index contributed by atoms with van der Waals surface area (Å²) in [6.07, 6.45) is 2.97. The van der Waals surface area contributed by atoms with Gasteiger partial charge in [-0.1, -0.05) is 6.42 Å². The monoisotopic (exact) mass is 292 g/mol. The highest BCUT2D eigenvalue weighted by atomic mass is 35.5. The quantitative estimate of drug-likeness (QED) is 0.744. The smallest absolute Gasteiger partial charge is 0.313 e. The number of esters is 1. The molecule has 5 nitrogen and oxygen atoms in total. The van der Waals surface area contributed by atoms with Gasteiger partial charge in [-0.2, -0.15) is 0 Å². The zero-order chi connectivity index (χ0) is 13.8. The van der Waals surface area contributed by atoms with Crippen molar-refractivity contribution in [1.82, 2.24) is 5.32 Å². The highest BCUT2D eigenvalue weighted by Gasteiger charge is 2.34. The molecule has 112 valence electrons. The van der Waals surface area contributed by atoms with Gasteiger partial charge < -0.3 is 15.8 Å². The summed E-state index contributed by atoms with van der Waals surface area (Å²) in [5, 5.41) is 2.85. The van der Waals surface area contributed by atoms with Gasteiger partial charge in [0.25, 0.3) is 0 Å². The molecule has 0 heterocycles. The minimum Gasteiger partial charge on any atom is -0.469 e. The topological polar surface area (TPSA) is 81.4 Å². The normalized spacial score (nSPS) is 22.5. The fourth-order valence-corrected chi connectivity index (χ4v) is 2.45. The van der Waals surface area contributed by atoms with Gasteiger partial charge >= 0.3 is 5.97 Å². The van der Waals surface area contributed by atoms with E-state index in [1.165, 1.54) is 7.11 Å². The van der Waals surface area contributed by atoms with Crippen LogP contribution in [0.4, 0.5) is 0 Å². The maximum Gasteiger partial charge on any atom is 0.313 e. The first kappa shape index (κ1) is 18.2. The summed E-state index contributed by atoms with van der Waals surface area (Å²) in [4.78, 5) is 23.5. The van der Waals surface area contributed by atoms with Crippen molar-refractivity contribution in [3.63, 3.8) is 0 Å². The SMILES string of the molecule is COC(=O)C(C)(C)CNC(=O)[C@@H]1CCC[C@@H]1CN.Cl. The number of carbonyl (C=O) groups excluding carboxylic acids is 2.